The third-order valence-corrected chi connectivity index (χ3v) is 4.20. The van der Waals surface area contributed by atoms with Gasteiger partial charge in [-0.3, -0.25) is 19.9 Å². The summed E-state index contributed by atoms with van der Waals surface area (Å²) in [5, 5.41) is 0. The van der Waals surface area contributed by atoms with E-state index in [4.69, 9.17) is 0 Å². The average Bonchev–Trinajstić information content (AvgIpc) is 2.92. The van der Waals surface area contributed by atoms with Crippen LogP contribution in [-0.2, 0) is 25.0 Å². The first-order valence-electron chi connectivity index (χ1n) is 11.6. The van der Waals surface area contributed by atoms with E-state index in [2.05, 4.69) is 24.9 Å². The van der Waals surface area contributed by atoms with Gasteiger partial charge in [0.2, 0.25) is 0 Å². The van der Waals surface area contributed by atoms with E-state index < -0.39 is 15.6 Å². The Kier molecular flexibility index (Phi) is 13.3. The first-order valence-corrected chi connectivity index (χ1v) is 15.6. The molecule has 0 saturated carbocycles. The van der Waals surface area contributed by atoms with Gasteiger partial charge < -0.3 is 5.48 Å². The molecule has 0 radical (unpaired) electrons. The van der Waals surface area contributed by atoms with Crippen molar-refractivity contribution < 1.29 is 75.3 Å². The summed E-state index contributed by atoms with van der Waals surface area (Å²) in [6, 6.07) is 29.1. The van der Waals surface area contributed by atoms with Crippen molar-refractivity contribution in [3.05, 3.63) is 116 Å². The van der Waals surface area contributed by atoms with Gasteiger partial charge in [0.25, 0.3) is 0 Å². The second-order valence-corrected chi connectivity index (χ2v) is 12.0. The maximum Gasteiger partial charge on any atom is 2.00 e. The fourth-order valence-corrected chi connectivity index (χ4v) is 2.78. The van der Waals surface area contributed by atoms with Gasteiger partial charge in [-0.25, -0.2) is 4.98 Å². The van der Waals surface area contributed by atoms with Gasteiger partial charge in [0.05, 0.1) is 34.2 Å². The maximum absolute atomic E-state index is 10.7. The summed E-state index contributed by atoms with van der Waals surface area (Å²) in [5.41, 5.74) is 5.29. The van der Waals surface area contributed by atoms with Crippen LogP contribution in [0.2, 0.25) is 0 Å². The van der Waals surface area contributed by atoms with Crippen LogP contribution in [0.15, 0.2) is 116 Å². The van der Waals surface area contributed by atoms with Crippen LogP contribution < -0.4 is 0 Å². The third-order valence-electron chi connectivity index (χ3n) is 4.20. The predicted molar refractivity (Wildman–Crippen MR) is 150 cm³/mol. The van der Waals surface area contributed by atoms with Crippen molar-refractivity contribution in [2.24, 2.45) is 0 Å². The molecule has 254 valence electrons. The summed E-state index contributed by atoms with van der Waals surface area (Å²) in [6.07, 6.45) is 7.07. The largest absolute Gasteiger partial charge is 2.00 e. The number of pyridine rings is 5. The van der Waals surface area contributed by atoms with Crippen LogP contribution in [-0.4, -0.2) is 24.9 Å². The Morgan fingerprint density at radius 3 is 0.717 bits per heavy atom. The molecule has 0 bridgehead atoms. The molecule has 0 fully saturated rings. The molecule has 0 aliphatic carbocycles. The molecule has 5 heterocycles. The predicted octanol–water partition coefficient (Wildman–Crippen LogP) is 11.2. The number of hydrogen-bond acceptors (Lipinski definition) is 5. The van der Waals surface area contributed by atoms with Crippen molar-refractivity contribution in [2.45, 2.75) is 0 Å². The minimum absolute atomic E-state index is 0. The molecule has 5 rings (SSSR count). The van der Waals surface area contributed by atoms with Gasteiger partial charge in [-0.15, -0.1) is 0 Å². The van der Waals surface area contributed by atoms with Crippen molar-refractivity contribution in [1.82, 2.24) is 24.9 Å². The van der Waals surface area contributed by atoms with Gasteiger partial charge in [0.15, 0.2) is 0 Å². The zero-order chi connectivity index (χ0) is 33.3. The summed E-state index contributed by atoms with van der Waals surface area (Å²) in [7, 11) is -21.3. The van der Waals surface area contributed by atoms with Gasteiger partial charge >= 0.3 is 85.5 Å². The van der Waals surface area contributed by atoms with E-state index in [-0.39, 0.29) is 25.0 Å². The first kappa shape index (κ1) is 42.4. The van der Waals surface area contributed by atoms with Crippen LogP contribution in [0, 0.1) is 0 Å². The number of rotatable bonds is 3. The van der Waals surface area contributed by atoms with E-state index in [0.717, 1.165) is 34.2 Å². The van der Waals surface area contributed by atoms with Crippen LogP contribution in [0.25, 0.3) is 34.2 Å². The van der Waals surface area contributed by atoms with Crippen LogP contribution in [0.5, 0.6) is 0 Å². The molecule has 0 amide bonds. The number of hydrogen-bond donors (Lipinski definition) is 0. The Labute approximate surface area is 265 Å². The molecule has 0 aromatic carbocycles. The topological polar surface area (TPSA) is 97.5 Å². The summed E-state index contributed by atoms with van der Waals surface area (Å²) in [5.74, 6) is 0. The standard InChI is InChI=1S/C15H11N3.C10H8N2.2F6P.H2O.Ru/c1-3-10-16-12(6-1)14-8-5-9-15(18-14)13-7-2-4-11-17-13;1-3-7-11-9(5-1)10-6-2-4-8-12-10;2*1-7(2,3,4,5)6;;/h1-11H;1-8H;;;1H2;/q;;2*-1;;+2/p+1. The molecule has 5 aromatic rings. The molecule has 0 unspecified atom stereocenters. The van der Waals surface area contributed by atoms with Crippen molar-refractivity contribution in [3.8, 4) is 34.2 Å². The fourth-order valence-electron chi connectivity index (χ4n) is 2.78. The molecule has 5 aromatic heterocycles. The van der Waals surface area contributed by atoms with Crippen molar-refractivity contribution in [2.75, 3.05) is 0 Å². The molecule has 46 heavy (non-hydrogen) atoms. The Bertz CT molecular complexity index is 1480. The molecule has 21 heteroatoms. The minimum atomic E-state index is -10.7. The molecular formula is C25H22F12N5OP2Ru+. The molecular weight excluding hydrogens is 777 g/mol. The van der Waals surface area contributed by atoms with E-state index in [1.165, 1.54) is 0 Å². The van der Waals surface area contributed by atoms with Crippen molar-refractivity contribution in [1.29, 1.82) is 0 Å². The first-order chi connectivity index (χ1) is 19.8. The monoisotopic (exact) mass is 800 g/mol. The van der Waals surface area contributed by atoms with E-state index in [1.807, 2.05) is 91.0 Å². The number of nitrogens with zero attached hydrogens (tertiary/aromatic N) is 5. The molecule has 0 aliphatic heterocycles. The second-order valence-electron chi connectivity index (χ2n) is 8.18. The molecule has 0 spiro atoms. The number of aromatic nitrogens is 5. The van der Waals surface area contributed by atoms with E-state index >= 15 is 0 Å². The maximum atomic E-state index is 9.87. The molecule has 3 N–H and O–H groups in total. The molecule has 0 atom stereocenters. The zero-order valence-electron chi connectivity index (χ0n) is 22.6. The summed E-state index contributed by atoms with van der Waals surface area (Å²) in [4.78, 5) is 21.6. The fraction of sp³-hybridized carbons (Fsp3) is 0. The van der Waals surface area contributed by atoms with Crippen molar-refractivity contribution >= 4 is 15.6 Å². The average molecular weight is 799 g/mol. The Morgan fingerprint density at radius 2 is 0.522 bits per heavy atom. The van der Waals surface area contributed by atoms with Gasteiger partial charge in [-0.2, -0.15) is 0 Å². The zero-order valence-corrected chi connectivity index (χ0v) is 26.1. The quantitative estimate of drug-likeness (QED) is 0.0783. The molecule has 0 aliphatic rings. The molecule has 6 nitrogen and oxygen atoms in total. The molecule has 0 saturated heterocycles. The van der Waals surface area contributed by atoms with Gasteiger partial charge in [0, 0.05) is 24.8 Å². The summed E-state index contributed by atoms with van der Waals surface area (Å²) < 4.78 is 118. The van der Waals surface area contributed by atoms with Crippen LogP contribution in [0.1, 0.15) is 0 Å². The Morgan fingerprint density at radius 1 is 0.326 bits per heavy atom. The van der Waals surface area contributed by atoms with Crippen LogP contribution in [0.4, 0.5) is 50.4 Å². The number of halogens is 12. The smallest absolute Gasteiger partial charge is 0.457 e. The van der Waals surface area contributed by atoms with Crippen LogP contribution in [0.3, 0.4) is 0 Å². The summed E-state index contributed by atoms with van der Waals surface area (Å²) in [6.45, 7) is 0. The van der Waals surface area contributed by atoms with Gasteiger partial charge in [0.1, 0.15) is 0 Å². The Hall–Kier alpha value is -3.65. The SMILES string of the molecule is F[P-](F)(F)(F)(F)F.F[P-](F)(F)(F)(F)F.[OH3+].[Ru+2].c1ccc(-c2cccc(-c3ccccn3)n2)nc1.c1ccc(-c2ccccn2)nc1. The second kappa shape index (κ2) is 14.4. The van der Waals surface area contributed by atoms with Gasteiger partial charge in [-0.1, -0.05) is 30.3 Å². The summed E-state index contributed by atoms with van der Waals surface area (Å²) >= 11 is 0. The third kappa shape index (κ3) is 24.6. The normalized spacial score (nSPS) is 13.6. The minimum Gasteiger partial charge on any atom is -0.457 e. The van der Waals surface area contributed by atoms with E-state index in [1.54, 1.807) is 24.8 Å². The van der Waals surface area contributed by atoms with Crippen LogP contribution >= 0.6 is 15.6 Å². The van der Waals surface area contributed by atoms with E-state index in [0.29, 0.717) is 0 Å². The Balaban J connectivity index is 0.000000632. The van der Waals surface area contributed by atoms with Crippen molar-refractivity contribution in [3.63, 3.8) is 0 Å². The van der Waals surface area contributed by atoms with E-state index in [9.17, 15) is 50.4 Å². The van der Waals surface area contributed by atoms with Gasteiger partial charge in [-0.05, 0) is 60.7 Å².